The smallest absolute Gasteiger partial charge is 0.407 e. The number of amides is 1. The molecule has 22 heavy (non-hydrogen) atoms. The summed E-state index contributed by atoms with van der Waals surface area (Å²) in [5.41, 5.74) is 0.715. The summed E-state index contributed by atoms with van der Waals surface area (Å²) in [7, 11) is 0. The van der Waals surface area contributed by atoms with Crippen molar-refractivity contribution in [3.05, 3.63) is 35.4 Å². The summed E-state index contributed by atoms with van der Waals surface area (Å²) in [5, 5.41) is 20.3. The number of aliphatic carboxylic acids is 1. The van der Waals surface area contributed by atoms with E-state index in [4.69, 9.17) is 15.1 Å². The Morgan fingerprint density at radius 2 is 1.91 bits per heavy atom. The van der Waals surface area contributed by atoms with Crippen molar-refractivity contribution in [2.45, 2.75) is 45.3 Å². The monoisotopic (exact) mass is 304 g/mol. The predicted octanol–water partition coefficient (Wildman–Crippen LogP) is 2.47. The average molecular weight is 304 g/mol. The standard InChI is InChI=1S/C16H20N2O4/c1-16(2,3)22-15(21)18-13(9-14(19)20)8-11-4-6-12(10-17)7-5-11/h4-7,13H,8-9H2,1-3H3,(H,18,21)(H,19,20)/t13-/m0/s1. The Morgan fingerprint density at radius 1 is 1.32 bits per heavy atom. The molecule has 0 unspecified atom stereocenters. The molecule has 1 atom stereocenters. The van der Waals surface area contributed by atoms with Crippen LogP contribution in [0.4, 0.5) is 4.79 Å². The molecule has 0 radical (unpaired) electrons. The maximum absolute atomic E-state index is 11.8. The van der Waals surface area contributed by atoms with E-state index < -0.39 is 23.7 Å². The summed E-state index contributed by atoms with van der Waals surface area (Å²) >= 11 is 0. The minimum absolute atomic E-state index is 0.209. The zero-order valence-electron chi connectivity index (χ0n) is 12.9. The SMILES string of the molecule is CC(C)(C)OC(=O)N[C@H](CC(=O)O)Cc1ccc(C#N)cc1. The molecule has 0 bridgehead atoms. The Hall–Kier alpha value is -2.55. The molecule has 6 nitrogen and oxygen atoms in total. The highest BCUT2D eigenvalue weighted by atomic mass is 16.6. The summed E-state index contributed by atoms with van der Waals surface area (Å²) in [6.45, 7) is 5.21. The van der Waals surface area contributed by atoms with Gasteiger partial charge in [0.2, 0.25) is 0 Å². The number of benzene rings is 1. The summed E-state index contributed by atoms with van der Waals surface area (Å²) in [4.78, 5) is 22.7. The maximum Gasteiger partial charge on any atom is 0.407 e. The second-order valence-electron chi connectivity index (χ2n) is 5.95. The number of alkyl carbamates (subject to hydrolysis) is 1. The van der Waals surface area contributed by atoms with Crippen molar-refractivity contribution in [1.82, 2.24) is 5.32 Å². The molecule has 0 spiro atoms. The van der Waals surface area contributed by atoms with E-state index in [0.717, 1.165) is 5.56 Å². The van der Waals surface area contributed by atoms with Gasteiger partial charge in [-0.3, -0.25) is 4.79 Å². The highest BCUT2D eigenvalue weighted by Crippen LogP contribution is 2.11. The number of hydrogen-bond acceptors (Lipinski definition) is 4. The molecule has 2 N–H and O–H groups in total. The third-order valence-electron chi connectivity index (χ3n) is 2.71. The van der Waals surface area contributed by atoms with Crippen LogP contribution in [0.5, 0.6) is 0 Å². The van der Waals surface area contributed by atoms with E-state index in [9.17, 15) is 9.59 Å². The number of nitrogens with one attached hydrogen (secondary N) is 1. The number of carbonyl (C=O) groups excluding carboxylic acids is 1. The van der Waals surface area contributed by atoms with Crippen LogP contribution in [0.1, 0.15) is 38.3 Å². The third-order valence-corrected chi connectivity index (χ3v) is 2.71. The lowest BCUT2D eigenvalue weighted by Gasteiger charge is -2.23. The molecular weight excluding hydrogens is 284 g/mol. The number of hydrogen-bond donors (Lipinski definition) is 2. The number of carboxylic acids is 1. The number of rotatable bonds is 5. The molecular formula is C16H20N2O4. The average Bonchev–Trinajstić information content (AvgIpc) is 2.36. The fourth-order valence-electron chi connectivity index (χ4n) is 1.86. The second kappa shape index (κ2) is 7.46. The number of nitriles is 1. The first-order valence-corrected chi connectivity index (χ1v) is 6.90. The molecule has 0 saturated carbocycles. The fourth-order valence-corrected chi connectivity index (χ4v) is 1.86. The van der Waals surface area contributed by atoms with Gasteiger partial charge in [-0.2, -0.15) is 5.26 Å². The molecule has 0 aliphatic carbocycles. The van der Waals surface area contributed by atoms with E-state index in [2.05, 4.69) is 5.32 Å². The van der Waals surface area contributed by atoms with E-state index >= 15 is 0 Å². The highest BCUT2D eigenvalue weighted by molar-refractivity contribution is 5.71. The number of nitrogens with zero attached hydrogens (tertiary/aromatic N) is 1. The molecule has 1 aromatic carbocycles. The molecule has 0 aliphatic rings. The second-order valence-corrected chi connectivity index (χ2v) is 5.95. The molecule has 0 aromatic heterocycles. The van der Waals surface area contributed by atoms with Gasteiger partial charge in [-0.1, -0.05) is 12.1 Å². The Morgan fingerprint density at radius 3 is 2.36 bits per heavy atom. The summed E-state index contributed by atoms with van der Waals surface area (Å²) in [5.74, 6) is -1.00. The first kappa shape index (κ1) is 17.5. The Balaban J connectivity index is 2.73. The van der Waals surface area contributed by atoms with Crippen LogP contribution in [-0.4, -0.2) is 28.8 Å². The largest absolute Gasteiger partial charge is 0.481 e. The molecule has 1 rings (SSSR count). The molecule has 118 valence electrons. The van der Waals surface area contributed by atoms with Crippen LogP contribution >= 0.6 is 0 Å². The van der Waals surface area contributed by atoms with Gasteiger partial charge >= 0.3 is 12.1 Å². The number of carbonyl (C=O) groups is 2. The van der Waals surface area contributed by atoms with Crippen molar-refractivity contribution in [3.63, 3.8) is 0 Å². The van der Waals surface area contributed by atoms with Crippen molar-refractivity contribution >= 4 is 12.1 Å². The van der Waals surface area contributed by atoms with Gasteiger partial charge in [0.15, 0.2) is 0 Å². The van der Waals surface area contributed by atoms with Crippen LogP contribution in [0, 0.1) is 11.3 Å². The van der Waals surface area contributed by atoms with Gasteiger partial charge < -0.3 is 15.2 Å². The summed E-state index contributed by atoms with van der Waals surface area (Å²) < 4.78 is 5.14. The number of carboxylic acid groups (broad SMARTS) is 1. The van der Waals surface area contributed by atoms with Crippen LogP contribution in [-0.2, 0) is 16.0 Å². The maximum atomic E-state index is 11.8. The van der Waals surface area contributed by atoms with Gasteiger partial charge in [0.1, 0.15) is 5.60 Å². The molecule has 0 aliphatic heterocycles. The van der Waals surface area contributed by atoms with E-state index in [-0.39, 0.29) is 6.42 Å². The molecule has 0 fully saturated rings. The van der Waals surface area contributed by atoms with Gasteiger partial charge in [0.05, 0.1) is 18.1 Å². The number of ether oxygens (including phenoxy) is 1. The van der Waals surface area contributed by atoms with Crippen molar-refractivity contribution in [2.24, 2.45) is 0 Å². The van der Waals surface area contributed by atoms with Crippen molar-refractivity contribution in [1.29, 1.82) is 5.26 Å². The normalized spacial score (nSPS) is 12.1. The molecule has 1 amide bonds. The Bertz CT molecular complexity index is 567. The topological polar surface area (TPSA) is 99.4 Å². The quantitative estimate of drug-likeness (QED) is 0.870. The van der Waals surface area contributed by atoms with Crippen LogP contribution in [0.15, 0.2) is 24.3 Å². The zero-order chi connectivity index (χ0) is 16.8. The van der Waals surface area contributed by atoms with Gasteiger partial charge in [0.25, 0.3) is 0 Å². The molecule has 0 heterocycles. The molecule has 0 saturated heterocycles. The predicted molar refractivity (Wildman–Crippen MR) is 80.3 cm³/mol. The van der Waals surface area contributed by atoms with Gasteiger partial charge in [0, 0.05) is 6.04 Å². The first-order valence-electron chi connectivity index (χ1n) is 6.90. The van der Waals surface area contributed by atoms with E-state index in [1.807, 2.05) is 6.07 Å². The van der Waals surface area contributed by atoms with Crippen LogP contribution in [0.2, 0.25) is 0 Å². The van der Waals surface area contributed by atoms with Gasteiger partial charge in [-0.15, -0.1) is 0 Å². The molecule has 1 aromatic rings. The highest BCUT2D eigenvalue weighted by Gasteiger charge is 2.21. The Kier molecular flexibility index (Phi) is 5.93. The van der Waals surface area contributed by atoms with Crippen LogP contribution in [0.3, 0.4) is 0 Å². The van der Waals surface area contributed by atoms with Crippen LogP contribution in [0.25, 0.3) is 0 Å². The van der Waals surface area contributed by atoms with Crippen molar-refractivity contribution < 1.29 is 19.4 Å². The minimum atomic E-state index is -1.00. The van der Waals surface area contributed by atoms with E-state index in [0.29, 0.717) is 12.0 Å². The Labute approximate surface area is 129 Å². The van der Waals surface area contributed by atoms with Crippen LogP contribution < -0.4 is 5.32 Å². The van der Waals surface area contributed by atoms with Gasteiger partial charge in [-0.25, -0.2) is 4.79 Å². The van der Waals surface area contributed by atoms with E-state index in [1.54, 1.807) is 45.0 Å². The molecule has 6 heteroatoms. The zero-order valence-corrected chi connectivity index (χ0v) is 12.9. The summed E-state index contributed by atoms with van der Waals surface area (Å²) in [6.07, 6.45) is -0.511. The fraction of sp³-hybridized carbons (Fsp3) is 0.438. The third kappa shape index (κ3) is 6.75. The lowest BCUT2D eigenvalue weighted by molar-refractivity contribution is -0.137. The lowest BCUT2D eigenvalue weighted by atomic mass is 10.0. The van der Waals surface area contributed by atoms with Gasteiger partial charge in [-0.05, 0) is 44.9 Å². The summed E-state index contributed by atoms with van der Waals surface area (Å²) in [6, 6.07) is 8.22. The lowest BCUT2D eigenvalue weighted by Crippen LogP contribution is -2.41. The van der Waals surface area contributed by atoms with E-state index in [1.165, 1.54) is 0 Å². The van der Waals surface area contributed by atoms with Crippen molar-refractivity contribution in [3.8, 4) is 6.07 Å². The first-order chi connectivity index (χ1) is 10.2. The minimum Gasteiger partial charge on any atom is -0.481 e. The van der Waals surface area contributed by atoms with Crippen molar-refractivity contribution in [2.75, 3.05) is 0 Å².